The van der Waals surface area contributed by atoms with Crippen molar-refractivity contribution in [1.82, 2.24) is 4.90 Å². The minimum absolute atomic E-state index is 0.0895. The maximum Gasteiger partial charge on any atom is 0.296 e. The molecular weight excluding hydrogens is 354 g/mol. The zero-order chi connectivity index (χ0) is 19.7. The van der Waals surface area contributed by atoms with Crippen LogP contribution in [-0.4, -0.2) is 21.7 Å². The van der Waals surface area contributed by atoms with Gasteiger partial charge in [0.05, 0.1) is 24.4 Å². The van der Waals surface area contributed by atoms with E-state index in [1.807, 2.05) is 49.4 Å². The Morgan fingerprint density at radius 3 is 2.36 bits per heavy atom. The summed E-state index contributed by atoms with van der Waals surface area (Å²) in [4.78, 5) is 27.1. The van der Waals surface area contributed by atoms with Crippen LogP contribution in [0.3, 0.4) is 0 Å². The molecule has 0 saturated carbocycles. The molecule has 1 N–H and O–H groups in total. The Labute approximate surface area is 162 Å². The van der Waals surface area contributed by atoms with Crippen LogP contribution in [0, 0.1) is 6.92 Å². The van der Waals surface area contributed by atoms with Crippen LogP contribution in [0.2, 0.25) is 0 Å². The minimum atomic E-state index is -0.696. The number of amides is 1. The fourth-order valence-corrected chi connectivity index (χ4v) is 3.46. The number of furan rings is 1. The van der Waals surface area contributed by atoms with Gasteiger partial charge in [0.2, 0.25) is 0 Å². The first-order valence-electron chi connectivity index (χ1n) is 8.99. The van der Waals surface area contributed by atoms with Crippen LogP contribution in [0.25, 0.3) is 5.76 Å². The molecule has 1 aliphatic rings. The molecule has 0 unspecified atom stereocenters. The van der Waals surface area contributed by atoms with Crippen LogP contribution >= 0.6 is 0 Å². The SMILES string of the molecule is Cc1ccc(/C(O)=C2\C(=O)C(=O)N(Cc3ccco3)[C@@H]2c2ccccc2)cc1. The monoisotopic (exact) mass is 373 g/mol. The molecule has 0 aliphatic carbocycles. The number of aryl methyl sites for hydroxylation is 1. The van der Waals surface area contributed by atoms with Crippen molar-refractivity contribution in [3.05, 3.63) is 101 Å². The predicted octanol–water partition coefficient (Wildman–Crippen LogP) is 4.21. The highest BCUT2D eigenvalue weighted by Crippen LogP contribution is 2.40. The van der Waals surface area contributed by atoms with Crippen molar-refractivity contribution in [3.63, 3.8) is 0 Å². The number of aliphatic hydroxyl groups excluding tert-OH is 1. The van der Waals surface area contributed by atoms with E-state index in [0.717, 1.165) is 11.1 Å². The summed E-state index contributed by atoms with van der Waals surface area (Å²) in [6, 6.07) is 19.2. The van der Waals surface area contributed by atoms with E-state index in [2.05, 4.69) is 0 Å². The van der Waals surface area contributed by atoms with Crippen LogP contribution in [0.5, 0.6) is 0 Å². The zero-order valence-corrected chi connectivity index (χ0v) is 15.3. The molecule has 1 atom stereocenters. The molecule has 28 heavy (non-hydrogen) atoms. The molecule has 1 aliphatic heterocycles. The van der Waals surface area contributed by atoms with Crippen molar-refractivity contribution in [2.75, 3.05) is 0 Å². The number of Topliss-reactive ketones (excluding diaryl/α,β-unsaturated/α-hetero) is 1. The lowest BCUT2D eigenvalue weighted by atomic mass is 9.95. The van der Waals surface area contributed by atoms with E-state index in [1.54, 1.807) is 24.3 Å². The molecule has 1 saturated heterocycles. The Morgan fingerprint density at radius 2 is 1.71 bits per heavy atom. The van der Waals surface area contributed by atoms with Crippen LogP contribution in [0.1, 0.15) is 28.5 Å². The molecule has 0 spiro atoms. The van der Waals surface area contributed by atoms with Crippen molar-refractivity contribution in [3.8, 4) is 0 Å². The second-order valence-electron chi connectivity index (χ2n) is 6.78. The molecule has 1 fully saturated rings. The quantitative estimate of drug-likeness (QED) is 0.422. The van der Waals surface area contributed by atoms with Gasteiger partial charge in [0, 0.05) is 5.56 Å². The summed E-state index contributed by atoms with van der Waals surface area (Å²) in [5.74, 6) is -0.954. The summed E-state index contributed by atoms with van der Waals surface area (Å²) >= 11 is 0. The van der Waals surface area contributed by atoms with Gasteiger partial charge in [-0.1, -0.05) is 60.2 Å². The van der Waals surface area contributed by atoms with E-state index in [1.165, 1.54) is 11.2 Å². The molecule has 1 aromatic heterocycles. The minimum Gasteiger partial charge on any atom is -0.507 e. The molecular formula is C23H19NO4. The van der Waals surface area contributed by atoms with Gasteiger partial charge < -0.3 is 14.4 Å². The zero-order valence-electron chi connectivity index (χ0n) is 15.3. The third-order valence-electron chi connectivity index (χ3n) is 4.89. The Balaban J connectivity index is 1.85. The van der Waals surface area contributed by atoms with Crippen molar-refractivity contribution >= 4 is 17.4 Å². The molecule has 4 rings (SSSR count). The number of ketones is 1. The van der Waals surface area contributed by atoms with Gasteiger partial charge in [-0.15, -0.1) is 0 Å². The molecule has 0 radical (unpaired) electrons. The van der Waals surface area contributed by atoms with E-state index in [4.69, 9.17) is 4.42 Å². The van der Waals surface area contributed by atoms with Crippen molar-refractivity contribution in [2.24, 2.45) is 0 Å². The van der Waals surface area contributed by atoms with Gasteiger partial charge in [0.15, 0.2) is 0 Å². The molecule has 1 amide bonds. The number of aliphatic hydroxyl groups is 1. The first kappa shape index (κ1) is 17.8. The van der Waals surface area contributed by atoms with Crippen LogP contribution in [0.15, 0.2) is 83.0 Å². The molecule has 0 bridgehead atoms. The molecule has 2 aromatic carbocycles. The number of rotatable bonds is 4. The van der Waals surface area contributed by atoms with Crippen LogP contribution < -0.4 is 0 Å². The lowest BCUT2D eigenvalue weighted by molar-refractivity contribution is -0.140. The Bertz CT molecular complexity index is 1030. The van der Waals surface area contributed by atoms with Crippen LogP contribution in [-0.2, 0) is 16.1 Å². The molecule has 5 nitrogen and oxygen atoms in total. The third kappa shape index (κ3) is 3.11. The number of carbonyl (C=O) groups excluding carboxylic acids is 2. The number of likely N-dealkylation sites (tertiary alicyclic amines) is 1. The van der Waals surface area contributed by atoms with E-state index in [-0.39, 0.29) is 17.9 Å². The summed E-state index contributed by atoms with van der Waals surface area (Å²) in [6.45, 7) is 2.08. The molecule has 3 aromatic rings. The van der Waals surface area contributed by atoms with Crippen LogP contribution in [0.4, 0.5) is 0 Å². The number of hydrogen-bond donors (Lipinski definition) is 1. The molecule has 2 heterocycles. The summed E-state index contributed by atoms with van der Waals surface area (Å²) in [5, 5.41) is 10.9. The topological polar surface area (TPSA) is 70.8 Å². The number of benzene rings is 2. The maximum absolute atomic E-state index is 12.9. The highest BCUT2D eigenvalue weighted by atomic mass is 16.3. The van der Waals surface area contributed by atoms with Gasteiger partial charge in [0.1, 0.15) is 11.5 Å². The summed E-state index contributed by atoms with van der Waals surface area (Å²) in [6.07, 6.45) is 1.52. The van der Waals surface area contributed by atoms with Gasteiger partial charge >= 0.3 is 0 Å². The lowest BCUT2D eigenvalue weighted by Gasteiger charge is -2.24. The Kier molecular flexibility index (Phi) is 4.57. The van der Waals surface area contributed by atoms with Gasteiger partial charge in [-0.25, -0.2) is 0 Å². The fraction of sp³-hybridized carbons (Fsp3) is 0.130. The maximum atomic E-state index is 12.9. The first-order chi connectivity index (χ1) is 13.6. The van der Waals surface area contributed by atoms with E-state index in [0.29, 0.717) is 11.3 Å². The standard InChI is InChI=1S/C23H19NO4/c1-15-9-11-17(12-10-15)21(25)19-20(16-6-3-2-4-7-16)24(23(27)22(19)26)14-18-8-5-13-28-18/h2-13,20,25H,14H2,1H3/b21-19+/t20-/m1/s1. The third-order valence-corrected chi connectivity index (χ3v) is 4.89. The number of nitrogens with zero attached hydrogens (tertiary/aromatic N) is 1. The van der Waals surface area contributed by atoms with Gasteiger partial charge in [0.25, 0.3) is 11.7 Å². The van der Waals surface area contributed by atoms with Crippen molar-refractivity contribution in [2.45, 2.75) is 19.5 Å². The first-order valence-corrected chi connectivity index (χ1v) is 8.99. The van der Waals surface area contributed by atoms with Gasteiger partial charge in [-0.05, 0) is 24.6 Å². The second-order valence-corrected chi connectivity index (χ2v) is 6.78. The Morgan fingerprint density at radius 1 is 1.00 bits per heavy atom. The predicted molar refractivity (Wildman–Crippen MR) is 104 cm³/mol. The number of hydrogen-bond acceptors (Lipinski definition) is 4. The van der Waals surface area contributed by atoms with E-state index >= 15 is 0 Å². The molecule has 5 heteroatoms. The summed E-state index contributed by atoms with van der Waals surface area (Å²) in [7, 11) is 0. The lowest BCUT2D eigenvalue weighted by Crippen LogP contribution is -2.29. The van der Waals surface area contributed by atoms with Crippen molar-refractivity contribution < 1.29 is 19.1 Å². The fourth-order valence-electron chi connectivity index (χ4n) is 3.46. The van der Waals surface area contributed by atoms with E-state index in [9.17, 15) is 14.7 Å². The second kappa shape index (κ2) is 7.19. The largest absolute Gasteiger partial charge is 0.507 e. The molecule has 140 valence electrons. The van der Waals surface area contributed by atoms with Gasteiger partial charge in [-0.2, -0.15) is 0 Å². The number of carbonyl (C=O) groups is 2. The smallest absolute Gasteiger partial charge is 0.296 e. The van der Waals surface area contributed by atoms with Gasteiger partial charge in [-0.3, -0.25) is 9.59 Å². The normalized spacial score (nSPS) is 18.6. The highest BCUT2D eigenvalue weighted by molar-refractivity contribution is 6.46. The summed E-state index contributed by atoms with van der Waals surface area (Å²) in [5.41, 5.74) is 2.38. The average molecular weight is 373 g/mol. The van der Waals surface area contributed by atoms with E-state index < -0.39 is 17.7 Å². The average Bonchev–Trinajstić information content (AvgIpc) is 3.31. The summed E-state index contributed by atoms with van der Waals surface area (Å²) < 4.78 is 5.37. The van der Waals surface area contributed by atoms with Crippen molar-refractivity contribution in [1.29, 1.82) is 0 Å². The Hall–Kier alpha value is -3.60. The highest BCUT2D eigenvalue weighted by Gasteiger charge is 2.46.